The number of allylic oxidation sites excluding steroid dienone is 1. The summed E-state index contributed by atoms with van der Waals surface area (Å²) >= 11 is 2.60. The average Bonchev–Trinajstić information content (AvgIpc) is 3.61. The Bertz CT molecular complexity index is 1240. The van der Waals surface area contributed by atoms with Crippen LogP contribution in [0.5, 0.6) is 0 Å². The van der Waals surface area contributed by atoms with Gasteiger partial charge in [-0.1, -0.05) is 0 Å². The molecule has 0 bridgehead atoms. The fraction of sp³-hybridized carbons (Fsp3) is 0.375. The summed E-state index contributed by atoms with van der Waals surface area (Å²) in [6.07, 6.45) is 2.32. The van der Waals surface area contributed by atoms with Crippen LogP contribution in [0.2, 0.25) is 0 Å². The van der Waals surface area contributed by atoms with Gasteiger partial charge < -0.3 is 20.8 Å². The first-order valence-corrected chi connectivity index (χ1v) is 13.5. The zero-order valence-electron chi connectivity index (χ0n) is 19.0. The predicted octanol–water partition coefficient (Wildman–Crippen LogP) is 0.794. The van der Waals surface area contributed by atoms with Gasteiger partial charge in [0, 0.05) is 22.8 Å². The van der Waals surface area contributed by atoms with Crippen molar-refractivity contribution in [1.82, 2.24) is 15.5 Å². The summed E-state index contributed by atoms with van der Waals surface area (Å²) in [4.78, 5) is 63.1. The van der Waals surface area contributed by atoms with E-state index in [1.165, 1.54) is 40.6 Å². The molecule has 3 fully saturated rings. The molecule has 0 aromatic heterocycles. The first-order chi connectivity index (χ1) is 17.3. The van der Waals surface area contributed by atoms with Crippen LogP contribution in [0, 0.1) is 5.92 Å². The Kier molecular flexibility index (Phi) is 8.44. The summed E-state index contributed by atoms with van der Waals surface area (Å²) < 4.78 is 0. The van der Waals surface area contributed by atoms with Gasteiger partial charge in [0.1, 0.15) is 17.1 Å². The first-order valence-electron chi connectivity index (χ1n) is 11.4. The van der Waals surface area contributed by atoms with E-state index >= 15 is 0 Å². The molecule has 3 heterocycles. The average molecular weight is 554 g/mol. The standard InChI is InChI=1S/C24H23N3O7S2.Na.H/c28-16(10-35-13-5-3-12(4-6-13)23(31)32)26-18-21(30)27-19(24(33)34)15(9-36-22(18)27)17(11-1-2-11)14-7-8-25-20(14)29;;/h3-6,11,18,22H,1-2,7-10H2,(H,25,29)(H,26,28)(H,31,32)(H,33,34);;/t18-,22-;;/m1../s1. The van der Waals surface area contributed by atoms with Crippen LogP contribution in [0.25, 0.3) is 0 Å². The number of carboxylic acids is 2. The van der Waals surface area contributed by atoms with Crippen molar-refractivity contribution in [2.45, 2.75) is 35.6 Å². The van der Waals surface area contributed by atoms with Gasteiger partial charge in [0.2, 0.25) is 11.8 Å². The van der Waals surface area contributed by atoms with E-state index in [-0.39, 0.29) is 64.3 Å². The van der Waals surface area contributed by atoms with Crippen LogP contribution >= 0.6 is 23.5 Å². The number of nitrogens with zero attached hydrogens (tertiary/aromatic N) is 1. The van der Waals surface area contributed by atoms with Crippen LogP contribution in [0.4, 0.5) is 0 Å². The molecule has 13 heteroatoms. The molecule has 5 rings (SSSR count). The van der Waals surface area contributed by atoms with Crippen LogP contribution in [0.3, 0.4) is 0 Å². The third kappa shape index (κ3) is 5.49. The van der Waals surface area contributed by atoms with Crippen LogP contribution in [-0.4, -0.2) is 104 Å². The number of aromatic carboxylic acids is 1. The van der Waals surface area contributed by atoms with Crippen molar-refractivity contribution in [2.75, 3.05) is 18.1 Å². The van der Waals surface area contributed by atoms with Gasteiger partial charge in [-0.15, -0.1) is 23.5 Å². The third-order valence-corrected chi connectivity index (χ3v) is 8.82. The van der Waals surface area contributed by atoms with Gasteiger partial charge in [0.25, 0.3) is 5.91 Å². The van der Waals surface area contributed by atoms with E-state index in [2.05, 4.69) is 10.6 Å². The van der Waals surface area contributed by atoms with Crippen LogP contribution < -0.4 is 10.6 Å². The number of amides is 3. The fourth-order valence-electron chi connectivity index (χ4n) is 4.71. The molecule has 37 heavy (non-hydrogen) atoms. The third-order valence-electron chi connectivity index (χ3n) is 6.53. The number of hydrogen-bond acceptors (Lipinski definition) is 7. The molecule has 4 N–H and O–H groups in total. The van der Waals surface area contributed by atoms with Crippen molar-refractivity contribution in [3.05, 3.63) is 52.2 Å². The van der Waals surface area contributed by atoms with Crippen molar-refractivity contribution in [2.24, 2.45) is 5.92 Å². The molecule has 0 radical (unpaired) electrons. The molecular weight excluding hydrogens is 529 g/mol. The second-order valence-electron chi connectivity index (χ2n) is 8.88. The quantitative estimate of drug-likeness (QED) is 0.158. The second-order valence-corrected chi connectivity index (χ2v) is 11.0. The van der Waals surface area contributed by atoms with Gasteiger partial charge in [-0.2, -0.15) is 0 Å². The maximum absolute atomic E-state index is 13.0. The monoisotopic (exact) mass is 553 g/mol. The van der Waals surface area contributed by atoms with E-state index in [1.54, 1.807) is 12.1 Å². The molecule has 2 atom stereocenters. The predicted molar refractivity (Wildman–Crippen MR) is 138 cm³/mol. The first kappa shape index (κ1) is 27.8. The summed E-state index contributed by atoms with van der Waals surface area (Å²) in [5.74, 6) is -2.78. The van der Waals surface area contributed by atoms with Crippen molar-refractivity contribution < 1.29 is 34.2 Å². The molecule has 1 saturated carbocycles. The summed E-state index contributed by atoms with van der Waals surface area (Å²) in [5, 5.41) is 24.0. The van der Waals surface area contributed by atoms with E-state index in [0.29, 0.717) is 34.8 Å². The molecule has 0 unspecified atom stereocenters. The molecule has 190 valence electrons. The molecule has 0 spiro atoms. The van der Waals surface area contributed by atoms with E-state index in [9.17, 15) is 29.1 Å². The van der Waals surface area contributed by atoms with Gasteiger partial charge in [-0.3, -0.25) is 19.3 Å². The summed E-state index contributed by atoms with van der Waals surface area (Å²) in [6, 6.07) is 5.28. The van der Waals surface area contributed by atoms with Crippen molar-refractivity contribution in [1.29, 1.82) is 0 Å². The van der Waals surface area contributed by atoms with Crippen LogP contribution in [0.15, 0.2) is 51.6 Å². The van der Waals surface area contributed by atoms with Gasteiger partial charge in [-0.25, -0.2) is 9.59 Å². The van der Waals surface area contributed by atoms with E-state index in [0.717, 1.165) is 18.4 Å². The molecule has 3 aliphatic heterocycles. The minimum atomic E-state index is -1.22. The van der Waals surface area contributed by atoms with Crippen molar-refractivity contribution >= 4 is 82.7 Å². The van der Waals surface area contributed by atoms with Crippen LogP contribution in [0.1, 0.15) is 29.6 Å². The number of hydrogen-bond donors (Lipinski definition) is 4. The molecule has 3 amide bonds. The SMILES string of the molecule is O=C(CSc1ccc(C(=O)O)cc1)N[C@@H]1C(=O)N2C(C(=O)O)=C(C(=C3CCNC3=O)C3CC3)CS[C@H]12.[NaH]. The van der Waals surface area contributed by atoms with Gasteiger partial charge in [-0.05, 0) is 60.6 Å². The number of aliphatic carboxylic acids is 1. The topological polar surface area (TPSA) is 153 Å². The van der Waals surface area contributed by atoms with Gasteiger partial charge in [0.15, 0.2) is 0 Å². The van der Waals surface area contributed by atoms with E-state index < -0.39 is 29.3 Å². The molecular formula is C24H24N3NaO7S2. The molecule has 1 aliphatic carbocycles. The Balaban J connectivity index is 0.00000320. The minimum absolute atomic E-state index is 0. The number of carbonyl (C=O) groups is 5. The summed E-state index contributed by atoms with van der Waals surface area (Å²) in [6.45, 7) is 0.522. The Morgan fingerprint density at radius 2 is 1.81 bits per heavy atom. The molecule has 10 nitrogen and oxygen atoms in total. The normalized spacial score (nSPS) is 23.9. The van der Waals surface area contributed by atoms with Gasteiger partial charge >= 0.3 is 41.5 Å². The number of β-lactam (4-membered cyclic amide) rings is 1. The number of benzene rings is 1. The molecule has 4 aliphatic rings. The van der Waals surface area contributed by atoms with E-state index in [1.807, 2.05) is 0 Å². The zero-order valence-corrected chi connectivity index (χ0v) is 20.6. The summed E-state index contributed by atoms with van der Waals surface area (Å²) in [5.41, 5.74) is 2.00. The van der Waals surface area contributed by atoms with Crippen LogP contribution in [-0.2, 0) is 19.2 Å². The van der Waals surface area contributed by atoms with Gasteiger partial charge in [0.05, 0.1) is 11.3 Å². The van der Waals surface area contributed by atoms with Crippen molar-refractivity contribution in [3.8, 4) is 0 Å². The zero-order chi connectivity index (χ0) is 25.6. The number of carbonyl (C=O) groups excluding carboxylic acids is 3. The molecule has 1 aromatic rings. The number of thioether (sulfide) groups is 2. The Morgan fingerprint density at radius 1 is 1.11 bits per heavy atom. The Morgan fingerprint density at radius 3 is 2.38 bits per heavy atom. The fourth-order valence-corrected chi connectivity index (χ4v) is 6.78. The summed E-state index contributed by atoms with van der Waals surface area (Å²) in [7, 11) is 0. The number of carboxylic acid groups (broad SMARTS) is 2. The number of fused-ring (bicyclic) bond motifs is 1. The second kappa shape index (κ2) is 11.2. The maximum atomic E-state index is 13.0. The molecule has 1 aromatic carbocycles. The van der Waals surface area contributed by atoms with E-state index in [4.69, 9.17) is 5.11 Å². The molecule has 2 saturated heterocycles. The number of rotatable bonds is 8. The Labute approximate surface area is 243 Å². The number of nitrogens with one attached hydrogen (secondary N) is 2. The van der Waals surface area contributed by atoms with Crippen molar-refractivity contribution in [3.63, 3.8) is 0 Å². The Hall–Kier alpha value is -2.25.